The summed E-state index contributed by atoms with van der Waals surface area (Å²) in [6, 6.07) is 6.72. The van der Waals surface area contributed by atoms with Crippen molar-refractivity contribution in [2.75, 3.05) is 5.32 Å². The minimum absolute atomic E-state index is 0.0965. The van der Waals surface area contributed by atoms with Gasteiger partial charge in [0.2, 0.25) is 0 Å². The number of nitrogens with one attached hydrogen (secondary N) is 1. The lowest BCUT2D eigenvalue weighted by molar-refractivity contribution is 0.562. The molecule has 0 saturated heterocycles. The predicted molar refractivity (Wildman–Crippen MR) is 61.9 cm³/mol. The highest BCUT2D eigenvalue weighted by Crippen LogP contribution is 2.22. The second kappa shape index (κ2) is 4.39. The van der Waals surface area contributed by atoms with Crippen LogP contribution in [0, 0.1) is 12.7 Å². The number of hydrogen-bond donors (Lipinski definition) is 1. The highest BCUT2D eigenvalue weighted by molar-refractivity contribution is 5.52. The molecule has 3 heteroatoms. The molecule has 0 aliphatic heterocycles. The standard InChI is InChI=1S/C13H14FNO/c1-9-3-4-12(14)7-13(9)15-10(2)11-5-6-16-8-11/h3-8,10,15H,1-2H3. The largest absolute Gasteiger partial charge is 0.472 e. The Hall–Kier alpha value is -1.77. The lowest BCUT2D eigenvalue weighted by atomic mass is 10.1. The summed E-state index contributed by atoms with van der Waals surface area (Å²) in [7, 11) is 0. The number of hydrogen-bond acceptors (Lipinski definition) is 2. The van der Waals surface area contributed by atoms with Gasteiger partial charge in [-0.15, -0.1) is 0 Å². The Labute approximate surface area is 94.1 Å². The van der Waals surface area contributed by atoms with Crippen LogP contribution in [0.2, 0.25) is 0 Å². The number of halogens is 1. The van der Waals surface area contributed by atoms with Crippen molar-refractivity contribution in [3.63, 3.8) is 0 Å². The molecule has 1 aromatic carbocycles. The number of rotatable bonds is 3. The molecule has 0 aliphatic carbocycles. The minimum Gasteiger partial charge on any atom is -0.472 e. The molecule has 0 fully saturated rings. The van der Waals surface area contributed by atoms with Gasteiger partial charge in [0.1, 0.15) is 5.82 Å². The molecule has 0 aliphatic rings. The summed E-state index contributed by atoms with van der Waals surface area (Å²) < 4.78 is 18.1. The zero-order chi connectivity index (χ0) is 11.5. The monoisotopic (exact) mass is 219 g/mol. The summed E-state index contributed by atoms with van der Waals surface area (Å²) in [5, 5.41) is 3.25. The second-order valence-electron chi connectivity index (χ2n) is 3.88. The van der Waals surface area contributed by atoms with Crippen LogP contribution in [0.5, 0.6) is 0 Å². The van der Waals surface area contributed by atoms with Gasteiger partial charge in [0.15, 0.2) is 0 Å². The molecule has 1 heterocycles. The van der Waals surface area contributed by atoms with Crippen molar-refractivity contribution in [1.29, 1.82) is 0 Å². The first kappa shape index (κ1) is 10.7. The maximum Gasteiger partial charge on any atom is 0.125 e. The van der Waals surface area contributed by atoms with Crippen LogP contribution in [0.25, 0.3) is 0 Å². The maximum atomic E-state index is 13.1. The molecule has 2 aromatic rings. The van der Waals surface area contributed by atoms with Crippen LogP contribution in [0.3, 0.4) is 0 Å². The topological polar surface area (TPSA) is 25.2 Å². The fourth-order valence-electron chi connectivity index (χ4n) is 1.59. The molecule has 2 rings (SSSR count). The molecule has 1 N–H and O–H groups in total. The third-order valence-electron chi connectivity index (χ3n) is 2.61. The van der Waals surface area contributed by atoms with Crippen molar-refractivity contribution in [3.05, 3.63) is 53.7 Å². The van der Waals surface area contributed by atoms with Gasteiger partial charge in [-0.2, -0.15) is 0 Å². The Kier molecular flexibility index (Phi) is 2.95. The number of anilines is 1. The first-order chi connectivity index (χ1) is 7.66. The Morgan fingerprint density at radius 3 is 2.81 bits per heavy atom. The molecular formula is C13H14FNO. The first-order valence-corrected chi connectivity index (χ1v) is 5.21. The summed E-state index contributed by atoms with van der Waals surface area (Å²) in [5.41, 5.74) is 2.88. The van der Waals surface area contributed by atoms with E-state index >= 15 is 0 Å². The van der Waals surface area contributed by atoms with E-state index in [4.69, 9.17) is 4.42 Å². The Balaban J connectivity index is 2.17. The highest BCUT2D eigenvalue weighted by Gasteiger charge is 2.08. The van der Waals surface area contributed by atoms with Crippen molar-refractivity contribution < 1.29 is 8.81 Å². The average molecular weight is 219 g/mol. The smallest absolute Gasteiger partial charge is 0.125 e. The van der Waals surface area contributed by atoms with Crippen LogP contribution in [0.15, 0.2) is 41.2 Å². The van der Waals surface area contributed by atoms with Gasteiger partial charge in [0.25, 0.3) is 0 Å². The zero-order valence-corrected chi connectivity index (χ0v) is 9.33. The normalized spacial score (nSPS) is 12.4. The van der Waals surface area contributed by atoms with Gasteiger partial charge in [-0.25, -0.2) is 4.39 Å². The molecule has 1 atom stereocenters. The van der Waals surface area contributed by atoms with Crippen molar-refractivity contribution in [3.8, 4) is 0 Å². The Morgan fingerprint density at radius 2 is 2.12 bits per heavy atom. The van der Waals surface area contributed by atoms with E-state index in [0.717, 1.165) is 16.8 Å². The third kappa shape index (κ3) is 2.24. The molecule has 0 amide bonds. The molecule has 0 spiro atoms. The summed E-state index contributed by atoms with van der Waals surface area (Å²) in [5.74, 6) is -0.229. The van der Waals surface area contributed by atoms with Gasteiger partial charge in [-0.05, 0) is 37.6 Å². The fraction of sp³-hybridized carbons (Fsp3) is 0.231. The van der Waals surface area contributed by atoms with Gasteiger partial charge < -0.3 is 9.73 Å². The molecule has 0 saturated carbocycles. The van der Waals surface area contributed by atoms with Gasteiger partial charge in [-0.3, -0.25) is 0 Å². The van der Waals surface area contributed by atoms with E-state index in [1.807, 2.05) is 19.9 Å². The van der Waals surface area contributed by atoms with Gasteiger partial charge in [0, 0.05) is 11.3 Å². The molecule has 0 bridgehead atoms. The predicted octanol–water partition coefficient (Wildman–Crippen LogP) is 3.90. The Morgan fingerprint density at radius 1 is 1.31 bits per heavy atom. The van der Waals surface area contributed by atoms with Gasteiger partial charge in [-0.1, -0.05) is 6.07 Å². The molecule has 2 nitrogen and oxygen atoms in total. The molecule has 1 unspecified atom stereocenters. The second-order valence-corrected chi connectivity index (χ2v) is 3.88. The van der Waals surface area contributed by atoms with Crippen LogP contribution in [0.4, 0.5) is 10.1 Å². The summed E-state index contributed by atoms with van der Waals surface area (Å²) in [4.78, 5) is 0. The van der Waals surface area contributed by atoms with Crippen LogP contribution >= 0.6 is 0 Å². The van der Waals surface area contributed by atoms with Crippen LogP contribution in [-0.4, -0.2) is 0 Å². The van der Waals surface area contributed by atoms with Gasteiger partial charge >= 0.3 is 0 Å². The van der Waals surface area contributed by atoms with E-state index in [0.29, 0.717) is 0 Å². The third-order valence-corrected chi connectivity index (χ3v) is 2.61. The van der Waals surface area contributed by atoms with E-state index in [2.05, 4.69) is 5.32 Å². The molecule has 16 heavy (non-hydrogen) atoms. The quantitative estimate of drug-likeness (QED) is 0.846. The van der Waals surface area contributed by atoms with Crippen molar-refractivity contribution in [2.24, 2.45) is 0 Å². The van der Waals surface area contributed by atoms with Crippen molar-refractivity contribution >= 4 is 5.69 Å². The zero-order valence-electron chi connectivity index (χ0n) is 9.33. The van der Waals surface area contributed by atoms with Crippen LogP contribution in [0.1, 0.15) is 24.1 Å². The molecule has 1 aromatic heterocycles. The number of furan rings is 1. The van der Waals surface area contributed by atoms with E-state index in [1.54, 1.807) is 18.6 Å². The van der Waals surface area contributed by atoms with Crippen LogP contribution in [-0.2, 0) is 0 Å². The highest BCUT2D eigenvalue weighted by atomic mass is 19.1. The first-order valence-electron chi connectivity index (χ1n) is 5.21. The van der Waals surface area contributed by atoms with Crippen LogP contribution < -0.4 is 5.32 Å². The van der Waals surface area contributed by atoms with E-state index in [9.17, 15) is 4.39 Å². The van der Waals surface area contributed by atoms with Crippen molar-refractivity contribution in [1.82, 2.24) is 0 Å². The lowest BCUT2D eigenvalue weighted by Gasteiger charge is -2.15. The van der Waals surface area contributed by atoms with Crippen molar-refractivity contribution in [2.45, 2.75) is 19.9 Å². The minimum atomic E-state index is -0.229. The number of aryl methyl sites for hydroxylation is 1. The molecular weight excluding hydrogens is 205 g/mol. The average Bonchev–Trinajstić information content (AvgIpc) is 2.76. The summed E-state index contributed by atoms with van der Waals surface area (Å²) in [6.45, 7) is 3.96. The van der Waals surface area contributed by atoms with E-state index in [1.165, 1.54) is 12.1 Å². The maximum absolute atomic E-state index is 13.1. The summed E-state index contributed by atoms with van der Waals surface area (Å²) in [6.07, 6.45) is 3.32. The Bertz CT molecular complexity index is 465. The van der Waals surface area contributed by atoms with E-state index in [-0.39, 0.29) is 11.9 Å². The van der Waals surface area contributed by atoms with E-state index < -0.39 is 0 Å². The molecule has 84 valence electrons. The lowest BCUT2D eigenvalue weighted by Crippen LogP contribution is -2.06. The summed E-state index contributed by atoms with van der Waals surface area (Å²) >= 11 is 0. The van der Waals surface area contributed by atoms with Gasteiger partial charge in [0.05, 0.1) is 18.6 Å². The molecule has 0 radical (unpaired) electrons. The fourth-order valence-corrected chi connectivity index (χ4v) is 1.59. The number of benzene rings is 1. The SMILES string of the molecule is Cc1ccc(F)cc1NC(C)c1ccoc1.